The van der Waals surface area contributed by atoms with Gasteiger partial charge in [-0.05, 0) is 35.2 Å². The van der Waals surface area contributed by atoms with Crippen LogP contribution in [0.3, 0.4) is 0 Å². The van der Waals surface area contributed by atoms with E-state index in [1.165, 1.54) is 0 Å². The molecule has 0 aliphatic carbocycles. The maximum atomic E-state index is 12.4. The van der Waals surface area contributed by atoms with Crippen molar-refractivity contribution in [2.75, 3.05) is 19.6 Å². The van der Waals surface area contributed by atoms with Gasteiger partial charge >= 0.3 is 0 Å². The minimum atomic E-state index is -0.251. The van der Waals surface area contributed by atoms with Crippen molar-refractivity contribution in [2.45, 2.75) is 31.7 Å². The molecule has 1 aliphatic heterocycles. The molecule has 26 heavy (non-hydrogen) atoms. The number of nitrogens with two attached hydrogens (primary N) is 1. The van der Waals surface area contributed by atoms with Gasteiger partial charge in [-0.3, -0.25) is 9.59 Å². The lowest BCUT2D eigenvalue weighted by Crippen LogP contribution is -2.43. The lowest BCUT2D eigenvalue weighted by molar-refractivity contribution is -0.135. The molecule has 6 heteroatoms. The molecule has 3 rings (SSSR count). The van der Waals surface area contributed by atoms with Gasteiger partial charge in [0.25, 0.3) is 0 Å². The van der Waals surface area contributed by atoms with Crippen LogP contribution in [0.2, 0.25) is 0 Å². The van der Waals surface area contributed by atoms with Crippen LogP contribution in [-0.2, 0) is 9.59 Å². The van der Waals surface area contributed by atoms with Crippen LogP contribution < -0.4 is 11.1 Å². The van der Waals surface area contributed by atoms with Gasteiger partial charge in [0, 0.05) is 19.5 Å². The molecular weight excluding hydrogens is 350 g/mol. The molecule has 3 N–H and O–H groups in total. The first-order chi connectivity index (χ1) is 12.2. The molecule has 1 unspecified atom stereocenters. The Bertz CT molecular complexity index is 766. The number of nitrogens with one attached hydrogen (secondary N) is 1. The van der Waals surface area contributed by atoms with Gasteiger partial charge in [-0.15, -0.1) is 12.4 Å². The van der Waals surface area contributed by atoms with E-state index >= 15 is 0 Å². The van der Waals surface area contributed by atoms with Crippen molar-refractivity contribution < 1.29 is 9.59 Å². The van der Waals surface area contributed by atoms with Crippen LogP contribution in [0.25, 0.3) is 10.8 Å². The molecule has 0 saturated carbocycles. The summed E-state index contributed by atoms with van der Waals surface area (Å²) >= 11 is 0. The largest absolute Gasteiger partial charge is 0.346 e. The molecule has 2 aromatic carbocycles. The number of hydrogen-bond acceptors (Lipinski definition) is 3. The summed E-state index contributed by atoms with van der Waals surface area (Å²) in [5.41, 5.74) is 6.87. The number of halogens is 1. The van der Waals surface area contributed by atoms with Crippen LogP contribution in [0.5, 0.6) is 0 Å². The SMILES string of the molecule is Cl.NCC(NC(=O)CN1CCCCCC1=O)c1ccc2ccccc2c1. The van der Waals surface area contributed by atoms with Gasteiger partial charge in [0.1, 0.15) is 0 Å². The van der Waals surface area contributed by atoms with Crippen LogP contribution >= 0.6 is 12.4 Å². The molecule has 2 amide bonds. The van der Waals surface area contributed by atoms with Gasteiger partial charge in [-0.2, -0.15) is 0 Å². The third-order valence-corrected chi connectivity index (χ3v) is 4.75. The van der Waals surface area contributed by atoms with Crippen molar-refractivity contribution in [3.63, 3.8) is 0 Å². The zero-order valence-corrected chi connectivity index (χ0v) is 15.6. The van der Waals surface area contributed by atoms with Gasteiger partial charge in [0.15, 0.2) is 0 Å². The predicted molar refractivity (Wildman–Crippen MR) is 106 cm³/mol. The smallest absolute Gasteiger partial charge is 0.240 e. The highest BCUT2D eigenvalue weighted by atomic mass is 35.5. The highest BCUT2D eigenvalue weighted by molar-refractivity contribution is 5.86. The average Bonchev–Trinajstić information content (AvgIpc) is 2.84. The number of likely N-dealkylation sites (tertiary alicyclic amines) is 1. The molecule has 0 bridgehead atoms. The van der Waals surface area contributed by atoms with Crippen LogP contribution in [0.15, 0.2) is 42.5 Å². The molecular formula is C20H26ClN3O2. The van der Waals surface area contributed by atoms with Gasteiger partial charge in [0.05, 0.1) is 12.6 Å². The van der Waals surface area contributed by atoms with E-state index in [2.05, 4.69) is 17.4 Å². The summed E-state index contributed by atoms with van der Waals surface area (Å²) in [4.78, 5) is 26.1. The predicted octanol–water partition coefficient (Wildman–Crippen LogP) is 2.78. The molecule has 5 nitrogen and oxygen atoms in total. The lowest BCUT2D eigenvalue weighted by atomic mass is 10.0. The van der Waals surface area contributed by atoms with E-state index in [1.807, 2.05) is 30.3 Å². The van der Waals surface area contributed by atoms with Crippen molar-refractivity contribution in [2.24, 2.45) is 5.73 Å². The first kappa shape index (κ1) is 20.2. The fourth-order valence-corrected chi connectivity index (χ4v) is 3.32. The molecule has 0 aromatic heterocycles. The van der Waals surface area contributed by atoms with Crippen LogP contribution in [0.1, 0.15) is 37.3 Å². The highest BCUT2D eigenvalue weighted by Crippen LogP contribution is 2.20. The lowest BCUT2D eigenvalue weighted by Gasteiger charge is -2.23. The van der Waals surface area contributed by atoms with E-state index < -0.39 is 0 Å². The number of rotatable bonds is 5. The summed E-state index contributed by atoms with van der Waals surface area (Å²) in [5, 5.41) is 5.25. The van der Waals surface area contributed by atoms with Crippen molar-refractivity contribution >= 4 is 35.0 Å². The van der Waals surface area contributed by atoms with E-state index in [9.17, 15) is 9.59 Å². The van der Waals surface area contributed by atoms with Crippen molar-refractivity contribution in [1.29, 1.82) is 0 Å². The van der Waals surface area contributed by atoms with Gasteiger partial charge < -0.3 is 16.0 Å². The van der Waals surface area contributed by atoms with Gasteiger partial charge in [0.2, 0.25) is 11.8 Å². The fourth-order valence-electron chi connectivity index (χ4n) is 3.32. The first-order valence-corrected chi connectivity index (χ1v) is 8.93. The molecule has 1 atom stereocenters. The summed E-state index contributed by atoms with van der Waals surface area (Å²) in [6.07, 6.45) is 3.47. The molecule has 1 heterocycles. The maximum Gasteiger partial charge on any atom is 0.240 e. The summed E-state index contributed by atoms with van der Waals surface area (Å²) in [5.74, 6) is -0.0819. The first-order valence-electron chi connectivity index (χ1n) is 8.93. The molecule has 0 spiro atoms. The Balaban J connectivity index is 0.00000243. The number of fused-ring (bicyclic) bond motifs is 1. The van der Waals surface area contributed by atoms with Gasteiger partial charge in [-0.25, -0.2) is 0 Å². The molecule has 1 saturated heterocycles. The average molecular weight is 376 g/mol. The fraction of sp³-hybridized carbons (Fsp3) is 0.400. The summed E-state index contributed by atoms with van der Waals surface area (Å²) in [6.45, 7) is 1.09. The second kappa shape index (κ2) is 9.55. The number of carbonyl (C=O) groups is 2. The molecule has 140 valence electrons. The van der Waals surface area contributed by atoms with E-state index in [4.69, 9.17) is 5.73 Å². The Hall–Kier alpha value is -2.11. The number of amides is 2. The second-order valence-corrected chi connectivity index (χ2v) is 6.59. The van der Waals surface area contributed by atoms with Crippen LogP contribution in [0.4, 0.5) is 0 Å². The Labute approximate surface area is 160 Å². The minimum absolute atomic E-state index is 0. The zero-order valence-electron chi connectivity index (χ0n) is 14.8. The zero-order chi connectivity index (χ0) is 17.6. The number of nitrogens with zero attached hydrogens (tertiary/aromatic N) is 1. The summed E-state index contributed by atoms with van der Waals surface area (Å²) < 4.78 is 0. The van der Waals surface area contributed by atoms with Crippen molar-refractivity contribution in [3.8, 4) is 0 Å². The summed E-state index contributed by atoms with van der Waals surface area (Å²) in [7, 11) is 0. The monoisotopic (exact) mass is 375 g/mol. The molecule has 2 aromatic rings. The number of carbonyl (C=O) groups excluding carboxylic acids is 2. The molecule has 0 radical (unpaired) electrons. The Morgan fingerprint density at radius 3 is 2.65 bits per heavy atom. The third kappa shape index (κ3) is 4.96. The van der Waals surface area contributed by atoms with Crippen LogP contribution in [0, 0.1) is 0 Å². The maximum absolute atomic E-state index is 12.4. The van der Waals surface area contributed by atoms with E-state index in [1.54, 1.807) is 4.90 Å². The topological polar surface area (TPSA) is 75.4 Å². The molecule has 1 aliphatic rings. The molecule has 1 fully saturated rings. The standard InChI is InChI=1S/C20H25N3O2.ClH/c21-13-18(17-10-9-15-6-3-4-7-16(15)12-17)22-19(24)14-23-11-5-1-2-8-20(23)25;/h3-4,6-7,9-10,12,18H,1-2,5,8,11,13-14,21H2,(H,22,24);1H. The number of benzene rings is 2. The summed E-state index contributed by atoms with van der Waals surface area (Å²) in [6, 6.07) is 13.9. The Kier molecular flexibility index (Phi) is 7.42. The highest BCUT2D eigenvalue weighted by Gasteiger charge is 2.21. The minimum Gasteiger partial charge on any atom is -0.346 e. The van der Waals surface area contributed by atoms with E-state index in [0.717, 1.165) is 35.6 Å². The Morgan fingerprint density at radius 1 is 1.12 bits per heavy atom. The van der Waals surface area contributed by atoms with Gasteiger partial charge in [-0.1, -0.05) is 42.8 Å². The quantitative estimate of drug-likeness (QED) is 0.843. The van der Waals surface area contributed by atoms with E-state index in [0.29, 0.717) is 19.5 Å². The van der Waals surface area contributed by atoms with E-state index in [-0.39, 0.29) is 36.8 Å². The second-order valence-electron chi connectivity index (χ2n) is 6.59. The van der Waals surface area contributed by atoms with Crippen molar-refractivity contribution in [3.05, 3.63) is 48.0 Å². The number of hydrogen-bond donors (Lipinski definition) is 2. The Morgan fingerprint density at radius 2 is 1.88 bits per heavy atom. The third-order valence-electron chi connectivity index (χ3n) is 4.75. The van der Waals surface area contributed by atoms with Crippen molar-refractivity contribution in [1.82, 2.24) is 10.2 Å². The van der Waals surface area contributed by atoms with Crippen LogP contribution in [-0.4, -0.2) is 36.3 Å². The normalized spacial score (nSPS) is 15.9.